The molecule has 1 N–H and O–H groups in total. The number of rotatable bonds is 8. The molecule has 0 heterocycles. The van der Waals surface area contributed by atoms with Crippen LogP contribution in [0.4, 0.5) is 5.69 Å². The lowest BCUT2D eigenvalue weighted by Crippen LogP contribution is -2.13. The fourth-order valence-electron chi connectivity index (χ4n) is 2.91. The molecule has 172 valence electrons. The summed E-state index contributed by atoms with van der Waals surface area (Å²) in [5.41, 5.74) is 2.11. The van der Waals surface area contributed by atoms with E-state index in [2.05, 4.69) is 5.32 Å². The highest BCUT2D eigenvalue weighted by molar-refractivity contribution is 6.35. The Bertz CT molecular complexity index is 1260. The van der Waals surface area contributed by atoms with Crippen LogP contribution in [0.15, 0.2) is 72.3 Å². The van der Waals surface area contributed by atoms with Crippen molar-refractivity contribution in [3.8, 4) is 11.8 Å². The maximum absolute atomic E-state index is 12.6. The van der Waals surface area contributed by atoms with Gasteiger partial charge in [0.15, 0.2) is 0 Å². The summed E-state index contributed by atoms with van der Waals surface area (Å²) in [7, 11) is 0. The van der Waals surface area contributed by atoms with Crippen LogP contribution in [-0.4, -0.2) is 18.5 Å². The summed E-state index contributed by atoms with van der Waals surface area (Å²) < 4.78 is 10.7. The smallest absolute Gasteiger partial charge is 0.338 e. The van der Waals surface area contributed by atoms with E-state index in [0.717, 1.165) is 5.56 Å². The minimum Gasteiger partial charge on any atom is -0.489 e. The average molecular weight is 495 g/mol. The van der Waals surface area contributed by atoms with Crippen LogP contribution in [-0.2, 0) is 16.1 Å². The summed E-state index contributed by atoms with van der Waals surface area (Å²) in [5, 5.41) is 13.2. The zero-order valence-corrected chi connectivity index (χ0v) is 19.7. The summed E-state index contributed by atoms with van der Waals surface area (Å²) >= 11 is 12.1. The van der Waals surface area contributed by atoms with E-state index >= 15 is 0 Å². The van der Waals surface area contributed by atoms with Gasteiger partial charge >= 0.3 is 5.97 Å². The number of hydrogen-bond acceptors (Lipinski definition) is 5. The van der Waals surface area contributed by atoms with Crippen molar-refractivity contribution in [2.75, 3.05) is 11.9 Å². The van der Waals surface area contributed by atoms with Gasteiger partial charge in [-0.25, -0.2) is 4.79 Å². The average Bonchev–Trinajstić information content (AvgIpc) is 2.83. The Labute approximate surface area is 207 Å². The molecule has 6 nitrogen and oxygen atoms in total. The molecule has 0 atom stereocenters. The van der Waals surface area contributed by atoms with E-state index in [-0.39, 0.29) is 18.8 Å². The first-order chi connectivity index (χ1) is 16.4. The number of halogens is 2. The molecule has 8 heteroatoms. The van der Waals surface area contributed by atoms with Crippen LogP contribution in [0.3, 0.4) is 0 Å². The van der Waals surface area contributed by atoms with Crippen LogP contribution >= 0.6 is 23.2 Å². The number of carbonyl (C=O) groups is 2. The van der Waals surface area contributed by atoms with E-state index in [0.29, 0.717) is 32.6 Å². The van der Waals surface area contributed by atoms with E-state index in [1.807, 2.05) is 6.07 Å². The summed E-state index contributed by atoms with van der Waals surface area (Å²) in [6.45, 7) is 2.23. The molecule has 0 aromatic heterocycles. The van der Waals surface area contributed by atoms with E-state index in [9.17, 15) is 14.9 Å². The van der Waals surface area contributed by atoms with Crippen molar-refractivity contribution in [2.45, 2.75) is 13.5 Å². The number of hydrogen-bond donors (Lipinski definition) is 1. The molecule has 3 aromatic carbocycles. The van der Waals surface area contributed by atoms with Gasteiger partial charge in [0, 0.05) is 21.3 Å². The van der Waals surface area contributed by atoms with Crippen molar-refractivity contribution in [3.63, 3.8) is 0 Å². The predicted octanol–water partition coefficient (Wildman–Crippen LogP) is 6.29. The van der Waals surface area contributed by atoms with Gasteiger partial charge in [-0.05, 0) is 67.1 Å². The van der Waals surface area contributed by atoms with E-state index in [1.54, 1.807) is 61.5 Å². The number of nitrogens with one attached hydrogen (secondary N) is 1. The summed E-state index contributed by atoms with van der Waals surface area (Å²) in [5.74, 6) is -0.476. The second-order valence-electron chi connectivity index (χ2n) is 7.02. The Hall–Kier alpha value is -3.79. The third-order valence-corrected chi connectivity index (χ3v) is 5.18. The van der Waals surface area contributed by atoms with Gasteiger partial charge in [-0.2, -0.15) is 5.26 Å². The second kappa shape index (κ2) is 11.9. The third-order valence-electron chi connectivity index (χ3n) is 4.60. The Morgan fingerprint density at radius 2 is 1.82 bits per heavy atom. The number of nitrogens with zero attached hydrogens (tertiary/aromatic N) is 1. The van der Waals surface area contributed by atoms with Gasteiger partial charge in [-0.1, -0.05) is 41.4 Å². The Kier molecular flexibility index (Phi) is 8.69. The lowest BCUT2D eigenvalue weighted by atomic mass is 10.1. The molecule has 0 spiro atoms. The molecular formula is C26H20Cl2N2O4. The van der Waals surface area contributed by atoms with E-state index in [1.165, 1.54) is 18.2 Å². The van der Waals surface area contributed by atoms with Crippen LogP contribution < -0.4 is 10.1 Å². The summed E-state index contributed by atoms with van der Waals surface area (Å²) in [6.07, 6.45) is 1.46. The molecule has 0 saturated heterocycles. The SMILES string of the molecule is CCOC(=O)c1ccc(NC(=O)/C(C#N)=C\c2cccc(OCc3ccc(Cl)cc3Cl)c2)cc1. The Balaban J connectivity index is 1.68. The van der Waals surface area contributed by atoms with Gasteiger partial charge in [0.2, 0.25) is 0 Å². The standard InChI is InChI=1S/C26H20Cl2N2O4/c1-2-33-26(32)18-7-10-22(11-8-18)30-25(31)20(15-29)12-17-4-3-5-23(13-17)34-16-19-6-9-21(27)14-24(19)28/h3-14H,2,16H2,1H3,(H,30,31)/b20-12-. The maximum Gasteiger partial charge on any atom is 0.338 e. The molecule has 0 bridgehead atoms. The maximum atomic E-state index is 12.6. The molecule has 0 aliphatic carbocycles. The fraction of sp³-hybridized carbons (Fsp3) is 0.115. The van der Waals surface area contributed by atoms with Gasteiger partial charge in [0.25, 0.3) is 5.91 Å². The molecule has 3 rings (SSSR count). The lowest BCUT2D eigenvalue weighted by molar-refractivity contribution is -0.112. The largest absolute Gasteiger partial charge is 0.489 e. The van der Waals surface area contributed by atoms with Gasteiger partial charge < -0.3 is 14.8 Å². The monoisotopic (exact) mass is 494 g/mol. The minimum atomic E-state index is -0.578. The number of amides is 1. The highest BCUT2D eigenvalue weighted by Crippen LogP contribution is 2.23. The third kappa shape index (κ3) is 6.85. The molecule has 0 unspecified atom stereocenters. The first kappa shape index (κ1) is 24.8. The van der Waals surface area contributed by atoms with Crippen molar-refractivity contribution in [1.82, 2.24) is 0 Å². The number of benzene rings is 3. The minimum absolute atomic E-state index is 0.0904. The molecule has 0 saturated carbocycles. The summed E-state index contributed by atoms with van der Waals surface area (Å²) in [6, 6.07) is 20.3. The highest BCUT2D eigenvalue weighted by atomic mass is 35.5. The molecule has 0 aliphatic heterocycles. The van der Waals surface area contributed by atoms with E-state index < -0.39 is 11.9 Å². The molecule has 0 radical (unpaired) electrons. The molecule has 0 aliphatic rings. The Morgan fingerprint density at radius 1 is 1.06 bits per heavy atom. The topological polar surface area (TPSA) is 88.4 Å². The van der Waals surface area contributed by atoms with Gasteiger partial charge in [-0.15, -0.1) is 0 Å². The van der Waals surface area contributed by atoms with Crippen molar-refractivity contribution in [3.05, 3.63) is 99.0 Å². The number of nitriles is 1. The van der Waals surface area contributed by atoms with Crippen LogP contribution in [0.1, 0.15) is 28.4 Å². The highest BCUT2D eigenvalue weighted by Gasteiger charge is 2.11. The van der Waals surface area contributed by atoms with Crippen LogP contribution in [0, 0.1) is 11.3 Å². The van der Waals surface area contributed by atoms with Gasteiger partial charge in [0.1, 0.15) is 24.0 Å². The van der Waals surface area contributed by atoms with Crippen LogP contribution in [0.25, 0.3) is 6.08 Å². The molecule has 1 amide bonds. The van der Waals surface area contributed by atoms with Gasteiger partial charge in [-0.3, -0.25) is 4.79 Å². The quantitative estimate of drug-likeness (QED) is 0.225. The number of anilines is 1. The summed E-state index contributed by atoms with van der Waals surface area (Å²) in [4.78, 5) is 24.3. The van der Waals surface area contributed by atoms with Crippen molar-refractivity contribution in [2.24, 2.45) is 0 Å². The van der Waals surface area contributed by atoms with Gasteiger partial charge in [0.05, 0.1) is 12.2 Å². The first-order valence-corrected chi connectivity index (χ1v) is 11.0. The number of carbonyl (C=O) groups excluding carboxylic acids is 2. The second-order valence-corrected chi connectivity index (χ2v) is 7.86. The fourth-order valence-corrected chi connectivity index (χ4v) is 3.37. The van der Waals surface area contributed by atoms with Crippen LogP contribution in [0.5, 0.6) is 5.75 Å². The molecule has 3 aromatic rings. The number of ether oxygens (including phenoxy) is 2. The molecule has 0 fully saturated rings. The van der Waals surface area contributed by atoms with Crippen molar-refractivity contribution < 1.29 is 19.1 Å². The first-order valence-electron chi connectivity index (χ1n) is 10.3. The van der Waals surface area contributed by atoms with Crippen molar-refractivity contribution in [1.29, 1.82) is 5.26 Å². The normalized spacial score (nSPS) is 10.8. The zero-order chi connectivity index (χ0) is 24.5. The van der Waals surface area contributed by atoms with Crippen LogP contribution in [0.2, 0.25) is 10.0 Å². The zero-order valence-electron chi connectivity index (χ0n) is 18.2. The lowest BCUT2D eigenvalue weighted by Gasteiger charge is -2.09. The van der Waals surface area contributed by atoms with Crippen molar-refractivity contribution >= 4 is 46.8 Å². The molecular weight excluding hydrogens is 475 g/mol. The molecule has 34 heavy (non-hydrogen) atoms. The predicted molar refractivity (Wildman–Crippen MR) is 132 cm³/mol. The van der Waals surface area contributed by atoms with E-state index in [4.69, 9.17) is 32.7 Å². The Morgan fingerprint density at radius 3 is 2.50 bits per heavy atom. The number of esters is 1.